The fraction of sp³-hybridized carbons (Fsp3) is 0.692. The van der Waals surface area contributed by atoms with Gasteiger partial charge in [-0.3, -0.25) is 0 Å². The average Bonchev–Trinajstić information content (AvgIpc) is 2.61. The van der Waals surface area contributed by atoms with Crippen LogP contribution >= 0.6 is 0 Å². The Bertz CT molecular complexity index is 264. The van der Waals surface area contributed by atoms with Crippen molar-refractivity contribution in [3.63, 3.8) is 0 Å². The molecule has 0 nitrogen and oxygen atoms in total. The second kappa shape index (κ2) is 2.73. The lowest BCUT2D eigenvalue weighted by atomic mass is 9.65. The third-order valence-corrected chi connectivity index (χ3v) is 4.23. The Balaban J connectivity index is 2.29. The monoisotopic (exact) mass is 176 g/mol. The van der Waals surface area contributed by atoms with Gasteiger partial charge in [0.25, 0.3) is 0 Å². The molecule has 0 radical (unpaired) electrons. The Morgan fingerprint density at radius 2 is 1.77 bits per heavy atom. The first-order valence-electron chi connectivity index (χ1n) is 5.45. The number of allylic oxidation sites excluding steroid dienone is 4. The standard InChI is InChI=1S/C13H20/c1-11-6-9-13(3,10-11)12(2)7-4-5-8-12/h6,9-10H,4-5,7-8H2,1-3H3. The van der Waals surface area contributed by atoms with Crippen molar-refractivity contribution in [3.8, 4) is 0 Å². The topological polar surface area (TPSA) is 0 Å². The highest BCUT2D eigenvalue weighted by atomic mass is 14.5. The zero-order chi connectivity index (χ0) is 9.53. The largest absolute Gasteiger partial charge is 0.0740 e. The molecule has 0 aromatic rings. The van der Waals surface area contributed by atoms with Crippen LogP contribution in [0.15, 0.2) is 23.8 Å². The van der Waals surface area contributed by atoms with E-state index in [0.29, 0.717) is 10.8 Å². The molecule has 1 fully saturated rings. The van der Waals surface area contributed by atoms with Crippen LogP contribution in [-0.4, -0.2) is 0 Å². The van der Waals surface area contributed by atoms with Crippen LogP contribution in [0.1, 0.15) is 46.5 Å². The summed E-state index contributed by atoms with van der Waals surface area (Å²) < 4.78 is 0. The van der Waals surface area contributed by atoms with Gasteiger partial charge in [0, 0.05) is 5.41 Å². The highest BCUT2D eigenvalue weighted by Gasteiger charge is 2.44. The van der Waals surface area contributed by atoms with Gasteiger partial charge in [-0.2, -0.15) is 0 Å². The molecule has 2 aliphatic rings. The summed E-state index contributed by atoms with van der Waals surface area (Å²) in [6.07, 6.45) is 12.8. The van der Waals surface area contributed by atoms with Crippen LogP contribution in [0.5, 0.6) is 0 Å². The first kappa shape index (κ1) is 9.05. The van der Waals surface area contributed by atoms with E-state index in [-0.39, 0.29) is 0 Å². The molecule has 1 unspecified atom stereocenters. The van der Waals surface area contributed by atoms with Gasteiger partial charge in [0.2, 0.25) is 0 Å². The summed E-state index contributed by atoms with van der Waals surface area (Å²) in [6.45, 7) is 7.06. The normalized spacial score (nSPS) is 36.7. The van der Waals surface area contributed by atoms with Crippen molar-refractivity contribution >= 4 is 0 Å². The fourth-order valence-corrected chi connectivity index (χ4v) is 2.94. The first-order chi connectivity index (χ1) is 6.06. The lowest BCUT2D eigenvalue weighted by Crippen LogP contribution is -2.30. The van der Waals surface area contributed by atoms with Gasteiger partial charge >= 0.3 is 0 Å². The van der Waals surface area contributed by atoms with Gasteiger partial charge in [0.1, 0.15) is 0 Å². The molecule has 1 atom stereocenters. The van der Waals surface area contributed by atoms with Crippen LogP contribution < -0.4 is 0 Å². The zero-order valence-corrected chi connectivity index (χ0v) is 9.06. The molecule has 0 heteroatoms. The van der Waals surface area contributed by atoms with Crippen LogP contribution in [0.4, 0.5) is 0 Å². The van der Waals surface area contributed by atoms with Crippen LogP contribution in [0, 0.1) is 10.8 Å². The highest BCUT2D eigenvalue weighted by Crippen LogP contribution is 2.54. The Kier molecular flexibility index (Phi) is 1.90. The second-order valence-corrected chi connectivity index (χ2v) is 5.27. The SMILES string of the molecule is CC1=CC(C)(C2(C)CCCC2)C=C1. The predicted molar refractivity (Wildman–Crippen MR) is 57.6 cm³/mol. The van der Waals surface area contributed by atoms with Gasteiger partial charge in [-0.05, 0) is 25.2 Å². The molecule has 0 aliphatic heterocycles. The molecule has 13 heavy (non-hydrogen) atoms. The van der Waals surface area contributed by atoms with Crippen molar-refractivity contribution in [3.05, 3.63) is 23.8 Å². The summed E-state index contributed by atoms with van der Waals surface area (Å²) >= 11 is 0. The fourth-order valence-electron chi connectivity index (χ4n) is 2.94. The molecular weight excluding hydrogens is 156 g/mol. The molecule has 0 N–H and O–H groups in total. The average molecular weight is 176 g/mol. The van der Waals surface area contributed by atoms with Crippen molar-refractivity contribution in [1.29, 1.82) is 0 Å². The van der Waals surface area contributed by atoms with Crippen molar-refractivity contribution in [2.75, 3.05) is 0 Å². The highest BCUT2D eigenvalue weighted by molar-refractivity contribution is 5.34. The van der Waals surface area contributed by atoms with Gasteiger partial charge in [0.15, 0.2) is 0 Å². The summed E-state index contributed by atoms with van der Waals surface area (Å²) in [5.74, 6) is 0. The minimum absolute atomic E-state index is 0.341. The summed E-state index contributed by atoms with van der Waals surface area (Å²) in [5, 5.41) is 0. The Morgan fingerprint density at radius 3 is 2.23 bits per heavy atom. The van der Waals surface area contributed by atoms with Gasteiger partial charge in [0.05, 0.1) is 0 Å². The molecule has 0 bridgehead atoms. The Morgan fingerprint density at radius 1 is 1.15 bits per heavy atom. The summed E-state index contributed by atoms with van der Waals surface area (Å²) in [6, 6.07) is 0. The molecule has 0 saturated heterocycles. The third-order valence-electron chi connectivity index (χ3n) is 4.23. The summed E-state index contributed by atoms with van der Waals surface area (Å²) in [7, 11) is 0. The maximum Gasteiger partial charge on any atom is 0.00952 e. The lowest BCUT2D eigenvalue weighted by Gasteiger charge is -2.39. The van der Waals surface area contributed by atoms with E-state index in [1.54, 1.807) is 0 Å². The third kappa shape index (κ3) is 1.27. The van der Waals surface area contributed by atoms with E-state index in [2.05, 4.69) is 39.0 Å². The van der Waals surface area contributed by atoms with Crippen molar-refractivity contribution in [2.45, 2.75) is 46.5 Å². The molecule has 2 rings (SSSR count). The summed E-state index contributed by atoms with van der Waals surface area (Å²) in [4.78, 5) is 0. The van der Waals surface area contributed by atoms with Gasteiger partial charge in [-0.1, -0.05) is 50.5 Å². The molecule has 1 saturated carbocycles. The summed E-state index contributed by atoms with van der Waals surface area (Å²) in [5.41, 5.74) is 2.31. The van der Waals surface area contributed by atoms with Crippen LogP contribution in [-0.2, 0) is 0 Å². The van der Waals surface area contributed by atoms with Crippen molar-refractivity contribution in [2.24, 2.45) is 10.8 Å². The molecule has 0 amide bonds. The minimum atomic E-state index is 0.341. The maximum atomic E-state index is 2.46. The van der Waals surface area contributed by atoms with E-state index in [4.69, 9.17) is 0 Å². The van der Waals surface area contributed by atoms with E-state index in [0.717, 1.165) is 0 Å². The van der Waals surface area contributed by atoms with E-state index in [1.165, 1.54) is 31.3 Å². The van der Waals surface area contributed by atoms with Crippen LogP contribution in [0.2, 0.25) is 0 Å². The van der Waals surface area contributed by atoms with Crippen LogP contribution in [0.3, 0.4) is 0 Å². The Hall–Kier alpha value is -0.520. The second-order valence-electron chi connectivity index (χ2n) is 5.27. The first-order valence-corrected chi connectivity index (χ1v) is 5.45. The van der Waals surface area contributed by atoms with E-state index < -0.39 is 0 Å². The van der Waals surface area contributed by atoms with Crippen LogP contribution in [0.25, 0.3) is 0 Å². The van der Waals surface area contributed by atoms with Gasteiger partial charge in [-0.25, -0.2) is 0 Å². The Labute approximate surface area is 81.7 Å². The van der Waals surface area contributed by atoms with E-state index in [1.807, 2.05) is 0 Å². The zero-order valence-electron chi connectivity index (χ0n) is 9.06. The molecule has 72 valence electrons. The smallest absolute Gasteiger partial charge is 0.00952 e. The minimum Gasteiger partial charge on any atom is -0.0740 e. The number of hydrogen-bond donors (Lipinski definition) is 0. The van der Waals surface area contributed by atoms with E-state index in [9.17, 15) is 0 Å². The molecular formula is C13H20. The molecule has 2 aliphatic carbocycles. The molecule has 0 heterocycles. The van der Waals surface area contributed by atoms with Crippen molar-refractivity contribution < 1.29 is 0 Å². The van der Waals surface area contributed by atoms with Gasteiger partial charge in [-0.15, -0.1) is 0 Å². The number of hydrogen-bond acceptors (Lipinski definition) is 0. The molecule has 0 spiro atoms. The number of rotatable bonds is 1. The lowest BCUT2D eigenvalue weighted by molar-refractivity contribution is 0.181. The molecule has 0 aromatic carbocycles. The molecule has 0 aromatic heterocycles. The van der Waals surface area contributed by atoms with Crippen molar-refractivity contribution in [1.82, 2.24) is 0 Å². The van der Waals surface area contributed by atoms with E-state index >= 15 is 0 Å². The predicted octanol–water partition coefficient (Wildman–Crippen LogP) is 4.09. The quantitative estimate of drug-likeness (QED) is 0.564. The maximum absolute atomic E-state index is 2.46. The van der Waals surface area contributed by atoms with Gasteiger partial charge < -0.3 is 0 Å².